The van der Waals surface area contributed by atoms with E-state index in [1.54, 1.807) is 0 Å². The summed E-state index contributed by atoms with van der Waals surface area (Å²) in [6.07, 6.45) is 6.87. The van der Waals surface area contributed by atoms with Gasteiger partial charge in [-0.2, -0.15) is 10.2 Å². The lowest BCUT2D eigenvalue weighted by molar-refractivity contribution is 0.182. The number of aromatic nitrogens is 4. The third kappa shape index (κ3) is 3.94. The maximum atomic E-state index is 5.99. The van der Waals surface area contributed by atoms with Crippen molar-refractivity contribution in [3.05, 3.63) is 35.4 Å². The Morgan fingerprint density at radius 3 is 3.09 bits per heavy atom. The summed E-state index contributed by atoms with van der Waals surface area (Å²) in [7, 11) is 0. The van der Waals surface area contributed by atoms with Crippen LogP contribution in [0.2, 0.25) is 0 Å². The quantitative estimate of drug-likeness (QED) is 0.686. The Morgan fingerprint density at radius 1 is 1.41 bits per heavy atom. The van der Waals surface area contributed by atoms with Crippen LogP contribution in [0.25, 0.3) is 0 Å². The second-order valence-electron chi connectivity index (χ2n) is 6.22. The second-order valence-corrected chi connectivity index (χ2v) is 6.22. The molecule has 7 heteroatoms. The molecule has 0 radical (unpaired) electrons. The predicted octanol–water partition coefficient (Wildman–Crippen LogP) is 0.340. The minimum Gasteiger partial charge on any atom is -0.327 e. The average Bonchev–Trinajstić information content (AvgIpc) is 3.14. The number of aromatic amines is 2. The molecule has 0 fully saturated rings. The van der Waals surface area contributed by atoms with E-state index in [4.69, 9.17) is 5.73 Å². The van der Waals surface area contributed by atoms with Gasteiger partial charge in [0, 0.05) is 57.1 Å². The Morgan fingerprint density at radius 2 is 2.32 bits per heavy atom. The number of fused-ring (bicyclic) bond motifs is 1. The molecule has 2 aromatic rings. The molecule has 0 spiro atoms. The lowest BCUT2D eigenvalue weighted by Gasteiger charge is -2.30. The number of rotatable bonds is 7. The fraction of sp³-hybridized carbons (Fsp3) is 0.600. The smallest absolute Gasteiger partial charge is 0.0532 e. The highest BCUT2D eigenvalue weighted by atomic mass is 15.2. The van der Waals surface area contributed by atoms with E-state index in [1.165, 1.54) is 16.8 Å². The number of nitrogens with two attached hydrogens (primary N) is 1. The molecule has 7 nitrogen and oxygen atoms in total. The van der Waals surface area contributed by atoms with Gasteiger partial charge < -0.3 is 5.73 Å². The van der Waals surface area contributed by atoms with Crippen LogP contribution in [-0.2, 0) is 19.5 Å². The Balaban J connectivity index is 1.52. The zero-order valence-electron chi connectivity index (χ0n) is 13.1. The van der Waals surface area contributed by atoms with Gasteiger partial charge in [0.05, 0.1) is 18.1 Å². The van der Waals surface area contributed by atoms with Gasteiger partial charge in [-0.15, -0.1) is 0 Å². The van der Waals surface area contributed by atoms with Gasteiger partial charge in [-0.05, 0) is 18.9 Å². The summed E-state index contributed by atoms with van der Waals surface area (Å²) in [5.41, 5.74) is 9.82. The average molecular weight is 303 g/mol. The van der Waals surface area contributed by atoms with Crippen LogP contribution in [-0.4, -0.2) is 62.4 Å². The second kappa shape index (κ2) is 7.04. The number of hydrogen-bond acceptors (Lipinski definition) is 5. The van der Waals surface area contributed by atoms with E-state index in [0.29, 0.717) is 0 Å². The van der Waals surface area contributed by atoms with Gasteiger partial charge in [0.1, 0.15) is 0 Å². The number of nitrogens with zero attached hydrogens (tertiary/aromatic N) is 4. The molecule has 0 saturated carbocycles. The molecule has 1 atom stereocenters. The van der Waals surface area contributed by atoms with Crippen LogP contribution in [0.5, 0.6) is 0 Å². The molecule has 0 unspecified atom stereocenters. The number of H-pyrrole nitrogens is 2. The zero-order valence-corrected chi connectivity index (χ0v) is 13.1. The number of nitrogens with one attached hydrogen (secondary N) is 2. The van der Waals surface area contributed by atoms with Gasteiger partial charge in [-0.25, -0.2) is 0 Å². The Hall–Kier alpha value is -1.70. The van der Waals surface area contributed by atoms with Crippen molar-refractivity contribution in [2.24, 2.45) is 5.73 Å². The summed E-state index contributed by atoms with van der Waals surface area (Å²) >= 11 is 0. The van der Waals surface area contributed by atoms with Crippen LogP contribution >= 0.6 is 0 Å². The summed E-state index contributed by atoms with van der Waals surface area (Å²) in [5, 5.41) is 14.1. The molecule has 1 aliphatic rings. The summed E-state index contributed by atoms with van der Waals surface area (Å²) in [4.78, 5) is 4.88. The van der Waals surface area contributed by atoms with Crippen molar-refractivity contribution >= 4 is 0 Å². The fourth-order valence-corrected chi connectivity index (χ4v) is 3.01. The maximum Gasteiger partial charge on any atom is 0.0532 e. The summed E-state index contributed by atoms with van der Waals surface area (Å²) in [6.45, 7) is 7.96. The van der Waals surface area contributed by atoms with Crippen LogP contribution < -0.4 is 5.73 Å². The molecule has 1 aliphatic heterocycles. The highest BCUT2D eigenvalue weighted by Gasteiger charge is 2.18. The lowest BCUT2D eigenvalue weighted by atomic mass is 10.1. The first-order valence-electron chi connectivity index (χ1n) is 7.90. The Kier molecular flexibility index (Phi) is 4.87. The van der Waals surface area contributed by atoms with Crippen molar-refractivity contribution in [1.82, 2.24) is 30.2 Å². The molecule has 0 saturated heterocycles. The molecule has 120 valence electrons. The van der Waals surface area contributed by atoms with Crippen LogP contribution in [0.1, 0.15) is 23.7 Å². The van der Waals surface area contributed by atoms with Crippen LogP contribution in [0.15, 0.2) is 18.6 Å². The topological polar surface area (TPSA) is 89.9 Å². The van der Waals surface area contributed by atoms with E-state index in [1.807, 2.05) is 18.6 Å². The molecular formula is C15H25N7. The van der Waals surface area contributed by atoms with Crippen LogP contribution in [0, 0.1) is 0 Å². The molecule has 0 aromatic carbocycles. The molecule has 3 heterocycles. The van der Waals surface area contributed by atoms with Gasteiger partial charge >= 0.3 is 0 Å². The molecular weight excluding hydrogens is 278 g/mol. The molecule has 4 N–H and O–H groups in total. The molecule has 3 rings (SSSR count). The van der Waals surface area contributed by atoms with Crippen molar-refractivity contribution in [3.63, 3.8) is 0 Å². The Bertz CT molecular complexity index is 560. The minimum atomic E-state index is 0.174. The predicted molar refractivity (Wildman–Crippen MR) is 85.1 cm³/mol. The van der Waals surface area contributed by atoms with Crippen molar-refractivity contribution < 1.29 is 0 Å². The van der Waals surface area contributed by atoms with Crippen LogP contribution in [0.4, 0.5) is 0 Å². The maximum absolute atomic E-state index is 5.99. The van der Waals surface area contributed by atoms with E-state index < -0.39 is 0 Å². The fourth-order valence-electron chi connectivity index (χ4n) is 3.01. The summed E-state index contributed by atoms with van der Waals surface area (Å²) < 4.78 is 0. The summed E-state index contributed by atoms with van der Waals surface area (Å²) in [5.74, 6) is 0. The standard InChI is InChI=1S/C15H25N7/c1-12(16)9-22(10-13-6-17-18-7-13)5-4-21-3-2-14-8-19-20-15(14)11-21/h6-8,12H,2-5,9-11,16H2,1H3,(H,17,18)(H,19,20)/t12-/m0/s1. The first kappa shape index (κ1) is 15.2. The van der Waals surface area contributed by atoms with E-state index >= 15 is 0 Å². The van der Waals surface area contributed by atoms with Gasteiger partial charge in [-0.3, -0.25) is 20.0 Å². The van der Waals surface area contributed by atoms with Gasteiger partial charge in [0.25, 0.3) is 0 Å². The Labute approximate surface area is 130 Å². The van der Waals surface area contributed by atoms with E-state index in [9.17, 15) is 0 Å². The lowest BCUT2D eigenvalue weighted by Crippen LogP contribution is -2.41. The van der Waals surface area contributed by atoms with Gasteiger partial charge in [0.2, 0.25) is 0 Å². The molecule has 22 heavy (non-hydrogen) atoms. The first-order valence-corrected chi connectivity index (χ1v) is 7.90. The highest BCUT2D eigenvalue weighted by molar-refractivity contribution is 5.19. The van der Waals surface area contributed by atoms with Gasteiger partial charge in [0.15, 0.2) is 0 Å². The van der Waals surface area contributed by atoms with E-state index in [0.717, 1.165) is 45.7 Å². The minimum absolute atomic E-state index is 0.174. The SMILES string of the molecule is C[C@H](N)CN(CCN1CCc2cn[nH]c2C1)Cc1cn[nH]c1. The first-order chi connectivity index (χ1) is 10.7. The summed E-state index contributed by atoms with van der Waals surface area (Å²) in [6, 6.07) is 0.174. The highest BCUT2D eigenvalue weighted by Crippen LogP contribution is 2.15. The third-order valence-electron chi connectivity index (χ3n) is 4.13. The third-order valence-corrected chi connectivity index (χ3v) is 4.13. The molecule has 0 bridgehead atoms. The van der Waals surface area contributed by atoms with Gasteiger partial charge in [-0.1, -0.05) is 0 Å². The van der Waals surface area contributed by atoms with Crippen molar-refractivity contribution in [1.29, 1.82) is 0 Å². The zero-order chi connectivity index (χ0) is 15.4. The molecule has 0 aliphatic carbocycles. The van der Waals surface area contributed by atoms with E-state index in [2.05, 4.69) is 37.1 Å². The molecule has 2 aromatic heterocycles. The normalized spacial score (nSPS) is 16.9. The van der Waals surface area contributed by atoms with Crippen molar-refractivity contribution in [2.45, 2.75) is 32.5 Å². The molecule has 0 amide bonds. The largest absolute Gasteiger partial charge is 0.327 e. The monoisotopic (exact) mass is 303 g/mol. The van der Waals surface area contributed by atoms with E-state index in [-0.39, 0.29) is 6.04 Å². The van der Waals surface area contributed by atoms with Crippen molar-refractivity contribution in [2.75, 3.05) is 26.2 Å². The number of hydrogen-bond donors (Lipinski definition) is 3. The van der Waals surface area contributed by atoms with Crippen molar-refractivity contribution in [3.8, 4) is 0 Å². The van der Waals surface area contributed by atoms with Crippen LogP contribution in [0.3, 0.4) is 0 Å².